The van der Waals surface area contributed by atoms with Gasteiger partial charge in [-0.05, 0) is 121 Å². The molecule has 0 aliphatic heterocycles. The number of fused-ring (bicyclic) bond motifs is 1. The highest BCUT2D eigenvalue weighted by atomic mass is 32.1. The molecule has 4 aliphatic carbocycles. The van der Waals surface area contributed by atoms with Crippen molar-refractivity contribution in [3.8, 4) is 19.5 Å². The number of carbonyl (C=O) groups is 1. The third-order valence-corrected chi connectivity index (χ3v) is 14.8. The smallest absolute Gasteiger partial charge is 0.338 e. The van der Waals surface area contributed by atoms with Crippen molar-refractivity contribution in [2.45, 2.75) is 62.3 Å². The van der Waals surface area contributed by atoms with Crippen molar-refractivity contribution in [1.82, 2.24) is 0 Å². The first kappa shape index (κ1) is 33.4. The fourth-order valence-corrected chi connectivity index (χ4v) is 11.2. The maximum absolute atomic E-state index is 13.2. The Morgan fingerprint density at radius 2 is 1.28 bits per heavy atom. The minimum Gasteiger partial charge on any atom is -0.462 e. The number of esters is 1. The molecule has 0 N–H and O–H groups in total. The van der Waals surface area contributed by atoms with Crippen molar-refractivity contribution in [1.29, 1.82) is 0 Å². The standard InChI is InChI=1S/C45H44O2S3/c1-10-47-41(46)26-13-14-30-31(20-26)34-24-28(43(5,6)7)25-35-32(22-29-21-27(42(2,3)4)23-33(30)44(29,8)45(34,35)9)36-15-16-39(49-36)40-18-17-38(50-40)37-12-11-19-48-37/h11-25H,10H2,1-9H3/t44-,45+/m0/s1. The molecule has 0 bridgehead atoms. The number of hydrogen-bond donors (Lipinski definition) is 0. The van der Waals surface area contributed by atoms with E-state index in [1.54, 1.807) is 11.3 Å². The van der Waals surface area contributed by atoms with Gasteiger partial charge in [0.05, 0.1) is 12.2 Å². The molecule has 4 aliphatic rings. The molecule has 3 heterocycles. The first-order chi connectivity index (χ1) is 23.6. The highest BCUT2D eigenvalue weighted by molar-refractivity contribution is 7.26. The van der Waals surface area contributed by atoms with Crippen molar-refractivity contribution < 1.29 is 9.53 Å². The predicted octanol–water partition coefficient (Wildman–Crippen LogP) is 11.6. The van der Waals surface area contributed by atoms with Crippen molar-refractivity contribution in [2.24, 2.45) is 21.7 Å². The molecule has 4 aromatic rings. The minimum absolute atomic E-state index is 0.0389. The maximum atomic E-state index is 13.2. The number of hydrogen-bond acceptors (Lipinski definition) is 5. The number of rotatable bonds is 5. The third kappa shape index (κ3) is 4.87. The van der Waals surface area contributed by atoms with Gasteiger partial charge in [-0.15, -0.1) is 34.0 Å². The van der Waals surface area contributed by atoms with Crippen LogP contribution in [0.25, 0.3) is 36.2 Å². The molecule has 0 saturated carbocycles. The Kier molecular flexibility index (Phi) is 7.59. The Balaban J connectivity index is 1.42. The first-order valence-electron chi connectivity index (χ1n) is 17.6. The normalized spacial score (nSPS) is 22.5. The molecule has 50 heavy (non-hydrogen) atoms. The summed E-state index contributed by atoms with van der Waals surface area (Å²) in [5.41, 5.74) is 9.04. The Labute approximate surface area is 308 Å². The van der Waals surface area contributed by atoms with E-state index >= 15 is 0 Å². The van der Waals surface area contributed by atoms with Gasteiger partial charge in [-0.1, -0.05) is 91.8 Å². The zero-order chi connectivity index (χ0) is 35.4. The lowest BCUT2D eigenvalue weighted by molar-refractivity contribution is 0.0526. The van der Waals surface area contributed by atoms with Crippen LogP contribution in [0.4, 0.5) is 0 Å². The molecule has 2 nitrogen and oxygen atoms in total. The van der Waals surface area contributed by atoms with Crippen LogP contribution in [-0.2, 0) is 4.74 Å². The van der Waals surface area contributed by atoms with Crippen LogP contribution in [0.2, 0.25) is 0 Å². The van der Waals surface area contributed by atoms with Gasteiger partial charge in [-0.25, -0.2) is 4.79 Å². The first-order valence-corrected chi connectivity index (χ1v) is 20.1. The van der Waals surface area contributed by atoms with Gasteiger partial charge in [-0.2, -0.15) is 0 Å². The number of carbonyl (C=O) groups excluding carboxylic acids is 1. The molecular formula is C45H44O2S3. The van der Waals surface area contributed by atoms with E-state index in [4.69, 9.17) is 4.74 Å². The van der Waals surface area contributed by atoms with E-state index in [9.17, 15) is 4.79 Å². The van der Waals surface area contributed by atoms with Crippen molar-refractivity contribution in [3.63, 3.8) is 0 Å². The van der Waals surface area contributed by atoms with Crippen LogP contribution >= 0.6 is 34.0 Å². The summed E-state index contributed by atoms with van der Waals surface area (Å²) < 4.78 is 5.52. The summed E-state index contributed by atoms with van der Waals surface area (Å²) in [7, 11) is 0. The monoisotopic (exact) mass is 712 g/mol. The van der Waals surface area contributed by atoms with Gasteiger partial charge in [0.2, 0.25) is 0 Å². The van der Waals surface area contributed by atoms with Gasteiger partial charge in [0.15, 0.2) is 0 Å². The fourth-order valence-electron chi connectivity index (χ4n) is 8.20. The molecule has 254 valence electrons. The third-order valence-electron chi connectivity index (χ3n) is 11.3. The largest absolute Gasteiger partial charge is 0.462 e. The molecule has 0 spiro atoms. The molecule has 0 amide bonds. The van der Waals surface area contributed by atoms with Gasteiger partial charge in [0.1, 0.15) is 0 Å². The van der Waals surface area contributed by atoms with E-state index in [1.807, 2.05) is 35.7 Å². The number of thiophene rings is 3. The molecule has 0 fully saturated rings. The van der Waals surface area contributed by atoms with Crippen LogP contribution in [-0.4, -0.2) is 12.6 Å². The van der Waals surface area contributed by atoms with Gasteiger partial charge in [-0.3, -0.25) is 0 Å². The van der Waals surface area contributed by atoms with Crippen LogP contribution in [0.5, 0.6) is 0 Å². The fraction of sp³-hybridized carbons (Fsp3) is 0.311. The zero-order valence-electron chi connectivity index (χ0n) is 30.4. The Hall–Kier alpha value is -3.77. The quantitative estimate of drug-likeness (QED) is 0.193. The van der Waals surface area contributed by atoms with Crippen molar-refractivity contribution in [2.75, 3.05) is 6.61 Å². The van der Waals surface area contributed by atoms with E-state index in [0.717, 1.165) is 5.22 Å². The Morgan fingerprint density at radius 3 is 1.90 bits per heavy atom. The second-order valence-electron chi connectivity index (χ2n) is 16.3. The minimum atomic E-state index is -0.382. The van der Waals surface area contributed by atoms with Crippen LogP contribution < -0.4 is 10.4 Å². The predicted molar refractivity (Wildman–Crippen MR) is 215 cm³/mol. The van der Waals surface area contributed by atoms with E-state index in [0.29, 0.717) is 12.2 Å². The summed E-state index contributed by atoms with van der Waals surface area (Å²) in [4.78, 5) is 19.7. The molecule has 1 aromatic carbocycles. The molecule has 3 aromatic heterocycles. The average Bonchev–Trinajstić information content (AvgIpc) is 3.85. The van der Waals surface area contributed by atoms with E-state index in [-0.39, 0.29) is 27.6 Å². The van der Waals surface area contributed by atoms with Crippen molar-refractivity contribution in [3.05, 3.63) is 134 Å². The summed E-state index contributed by atoms with van der Waals surface area (Å²) in [5.74, 6) is -0.271. The highest BCUT2D eigenvalue weighted by Crippen LogP contribution is 2.69. The van der Waals surface area contributed by atoms with Crippen LogP contribution in [0.15, 0.2) is 113 Å². The van der Waals surface area contributed by atoms with Crippen LogP contribution in [0.3, 0.4) is 0 Å². The lowest BCUT2D eigenvalue weighted by Crippen LogP contribution is -2.55. The van der Waals surface area contributed by atoms with E-state index < -0.39 is 0 Å². The van der Waals surface area contributed by atoms with Crippen LogP contribution in [0.1, 0.15) is 77.5 Å². The van der Waals surface area contributed by atoms with Gasteiger partial charge in [0.25, 0.3) is 0 Å². The van der Waals surface area contributed by atoms with Gasteiger partial charge >= 0.3 is 5.97 Å². The number of allylic oxidation sites excluding steroid dienone is 10. The van der Waals surface area contributed by atoms with Crippen molar-refractivity contribution >= 4 is 56.7 Å². The molecule has 0 saturated heterocycles. The highest BCUT2D eigenvalue weighted by Gasteiger charge is 2.59. The molecule has 8 rings (SSSR count). The number of benzene rings is 1. The molecule has 0 unspecified atom stereocenters. The molecule has 5 heteroatoms. The van der Waals surface area contributed by atoms with Crippen LogP contribution in [0, 0.1) is 21.7 Å². The molecule has 2 atom stereocenters. The summed E-state index contributed by atoms with van der Waals surface area (Å²) in [6.45, 7) is 21.0. The lowest BCUT2D eigenvalue weighted by Gasteiger charge is -2.58. The summed E-state index contributed by atoms with van der Waals surface area (Å²) in [5, 5.41) is 4.49. The van der Waals surface area contributed by atoms with E-state index in [2.05, 4.69) is 140 Å². The van der Waals surface area contributed by atoms with Gasteiger partial charge in [0, 0.05) is 35.2 Å². The lowest BCUT2D eigenvalue weighted by atomic mass is 9.44. The maximum Gasteiger partial charge on any atom is 0.338 e. The topological polar surface area (TPSA) is 26.3 Å². The Morgan fingerprint density at radius 1 is 0.680 bits per heavy atom. The summed E-state index contributed by atoms with van der Waals surface area (Å²) >= 11 is 5.56. The van der Waals surface area contributed by atoms with E-state index in [1.165, 1.54) is 68.6 Å². The van der Waals surface area contributed by atoms with Gasteiger partial charge < -0.3 is 4.74 Å². The second kappa shape index (κ2) is 11.4. The second-order valence-corrected chi connectivity index (χ2v) is 19.4. The summed E-state index contributed by atoms with van der Waals surface area (Å²) in [6.07, 6.45) is 12.4. The summed E-state index contributed by atoms with van der Waals surface area (Å²) in [6, 6.07) is 19.7. The zero-order valence-corrected chi connectivity index (χ0v) is 32.9. The number of ether oxygens (including phenoxy) is 1. The molecule has 0 radical (unpaired) electrons. The average molecular weight is 713 g/mol. The SMILES string of the molecule is CCOC(=O)c1ccc2c(c1)=C1C=C(C(C)(C)C)C=C3C(c4ccc(-c5ccc(-c6cccs6)s5)s4)=CC4=CC(C(C)(C)C)=CC=2[C@@]4(C)[C@@]31C. The molecular weight excluding hydrogens is 669 g/mol. The Bertz CT molecular complexity index is 2380.